The van der Waals surface area contributed by atoms with Gasteiger partial charge in [-0.15, -0.1) is 11.6 Å². The van der Waals surface area contributed by atoms with Gasteiger partial charge in [0, 0.05) is 74.3 Å². The maximum absolute atomic E-state index is 15.8. The number of fused-ring (bicyclic) bond motifs is 1. The summed E-state index contributed by atoms with van der Waals surface area (Å²) in [6.45, 7) is 6.59. The van der Waals surface area contributed by atoms with Gasteiger partial charge in [-0.3, -0.25) is 57.5 Å². The number of carbonyl (C=O) groups is 12. The number of likely N-dealkylation sites (tertiary alicyclic amines) is 1. The van der Waals surface area contributed by atoms with Gasteiger partial charge in [0.25, 0.3) is 0 Å². The number of amides is 12. The first-order chi connectivity index (χ1) is 47.2. The summed E-state index contributed by atoms with van der Waals surface area (Å²) in [7, 11) is 10.1. The fourth-order valence-corrected chi connectivity index (χ4v) is 17.2. The third kappa shape index (κ3) is 20.3. The van der Waals surface area contributed by atoms with Gasteiger partial charge in [0.05, 0.1) is 32.0 Å². The van der Waals surface area contributed by atoms with E-state index < -0.39 is 174 Å². The maximum atomic E-state index is 15.8. The first-order valence-electron chi connectivity index (χ1n) is 37.2. The minimum atomic E-state index is -4.51. The normalized spacial score (nSPS) is 30.0. The molecule has 3 aliphatic heterocycles. The first kappa shape index (κ1) is 81.0. The Kier molecular flexibility index (Phi) is 29.4. The minimum Gasteiger partial charge on any atom is -0.343 e. The van der Waals surface area contributed by atoms with Crippen LogP contribution in [0.2, 0.25) is 0 Å². The number of carbonyl (C=O) groups excluding carboxylic acids is 12. The summed E-state index contributed by atoms with van der Waals surface area (Å²) < 4.78 is 42.0. The highest BCUT2D eigenvalue weighted by Crippen LogP contribution is 2.44. The van der Waals surface area contributed by atoms with E-state index in [0.717, 1.165) is 66.1 Å². The monoisotopic (exact) mass is 1430 g/mol. The van der Waals surface area contributed by atoms with Crippen molar-refractivity contribution in [2.75, 3.05) is 88.6 Å². The van der Waals surface area contributed by atoms with Crippen LogP contribution in [-0.4, -0.2) is 263 Å². The maximum Gasteiger partial charge on any atom is 0.393 e. The Morgan fingerprint density at radius 1 is 0.580 bits per heavy atom. The van der Waals surface area contributed by atoms with Crippen LogP contribution in [0.5, 0.6) is 0 Å². The van der Waals surface area contributed by atoms with Gasteiger partial charge in [-0.05, 0) is 132 Å². The molecule has 0 aromatic rings. The lowest BCUT2D eigenvalue weighted by atomic mass is 9.78. The van der Waals surface area contributed by atoms with E-state index >= 15 is 28.8 Å². The topological polar surface area (TPSA) is 270 Å². The molecule has 0 aromatic carbocycles. The van der Waals surface area contributed by atoms with Gasteiger partial charge in [0.1, 0.15) is 47.8 Å². The Labute approximate surface area is 595 Å². The van der Waals surface area contributed by atoms with Crippen molar-refractivity contribution in [1.29, 1.82) is 0 Å². The van der Waals surface area contributed by atoms with E-state index in [0.29, 0.717) is 64.5 Å². The summed E-state index contributed by atoms with van der Waals surface area (Å²) in [5.41, 5.74) is -1.55. The van der Waals surface area contributed by atoms with Crippen LogP contribution in [-0.2, 0) is 57.5 Å². The lowest BCUT2D eigenvalue weighted by molar-refractivity contribution is -0.182. The van der Waals surface area contributed by atoms with Gasteiger partial charge >= 0.3 is 6.18 Å². The quantitative estimate of drug-likeness (QED) is 0.198. The van der Waals surface area contributed by atoms with Crippen LogP contribution in [0.15, 0.2) is 0 Å². The largest absolute Gasteiger partial charge is 0.393 e. The van der Waals surface area contributed by atoms with Gasteiger partial charge in [0.2, 0.25) is 70.9 Å². The summed E-state index contributed by atoms with van der Waals surface area (Å²) in [4.78, 5) is 191. The van der Waals surface area contributed by atoms with Crippen LogP contribution < -0.4 is 16.0 Å². The SMILES string of the molecule is CC[C@H](C)[C@@H]1NC(=O)[C@H](CC(C)C)N(C)C(=O)C[C@@H](C(=O)N2CCCCC2)N(C)C(=O)[C@H](C2CCCCC2)N(C)C(=O)C2(CCCC2)NC(=O)[C@@H]2CCCN2C(=O)[C@H](CCC2CCC(C(F)(F)F)C(Cl)C2)NC(=O)CN(C)C(=O)[C@H](CC2CCCC2)N(C)C(=O)CN(C)C(=O)CN(C)C1=O. The van der Waals surface area contributed by atoms with Crippen LogP contribution in [0, 0.1) is 35.5 Å². The number of halogens is 4. The number of likely N-dealkylation sites (N-methyl/N-ethyl adjacent to an activating group) is 7. The molecule has 4 saturated carbocycles. The average Bonchev–Trinajstić information content (AvgIpc) is 1.38. The molecule has 4 aliphatic carbocycles. The van der Waals surface area contributed by atoms with Crippen molar-refractivity contribution in [3.8, 4) is 0 Å². The van der Waals surface area contributed by atoms with Gasteiger partial charge in [-0.25, -0.2) is 0 Å². The van der Waals surface area contributed by atoms with Crippen LogP contribution in [0.1, 0.15) is 201 Å². The van der Waals surface area contributed by atoms with E-state index in [1.807, 2.05) is 20.8 Å². The fourth-order valence-electron chi connectivity index (χ4n) is 16.6. The van der Waals surface area contributed by atoms with E-state index in [4.69, 9.17) is 11.6 Å². The summed E-state index contributed by atoms with van der Waals surface area (Å²) in [6, 6.07) is -8.50. The van der Waals surface area contributed by atoms with Gasteiger partial charge in [0.15, 0.2) is 0 Å². The van der Waals surface area contributed by atoms with E-state index in [9.17, 15) is 41.9 Å². The molecule has 564 valence electrons. The zero-order chi connectivity index (χ0) is 73.7. The van der Waals surface area contributed by atoms with Crippen molar-refractivity contribution in [2.45, 2.75) is 260 Å². The van der Waals surface area contributed by atoms with Gasteiger partial charge < -0.3 is 60.0 Å². The van der Waals surface area contributed by atoms with Crippen LogP contribution in [0.25, 0.3) is 0 Å². The first-order valence-corrected chi connectivity index (χ1v) is 37.6. The lowest BCUT2D eigenvalue weighted by Crippen LogP contribution is -2.65. The highest BCUT2D eigenvalue weighted by molar-refractivity contribution is 6.21. The third-order valence-corrected chi connectivity index (χ3v) is 23.7. The second kappa shape index (κ2) is 36.2. The fraction of sp³-hybridized carbons (Fsp3) is 0.833. The van der Waals surface area contributed by atoms with Gasteiger partial charge in [-0.2, -0.15) is 13.2 Å². The van der Waals surface area contributed by atoms with E-state index in [2.05, 4.69) is 16.0 Å². The summed E-state index contributed by atoms with van der Waals surface area (Å²) in [5, 5.41) is 7.64. The van der Waals surface area contributed by atoms with Crippen LogP contribution >= 0.6 is 11.6 Å². The number of nitrogens with one attached hydrogen (secondary N) is 3. The molecule has 0 aromatic heterocycles. The number of piperidine rings is 1. The van der Waals surface area contributed by atoms with Gasteiger partial charge in [-0.1, -0.05) is 91.9 Å². The summed E-state index contributed by atoms with van der Waals surface area (Å²) >= 11 is 6.40. The molecule has 28 heteroatoms. The molecule has 12 amide bonds. The molecular formula is C72H116ClF3N12O12. The Morgan fingerprint density at radius 3 is 1.79 bits per heavy atom. The smallest absolute Gasteiger partial charge is 0.343 e. The second-order valence-corrected chi connectivity index (χ2v) is 31.5. The van der Waals surface area contributed by atoms with E-state index in [-0.39, 0.29) is 88.5 Å². The minimum absolute atomic E-state index is 0.00311. The number of hydrogen-bond acceptors (Lipinski definition) is 12. The molecule has 0 bridgehead atoms. The standard InChI is InChI=1S/C72H116ClF3N12O12/c1-12-46(4)61-68(98)82(7)43-59(91)80(5)44-60(92)84(9)55(40-47-24-17-18-25-47)66(96)81(6)42-57(89)77-52(32-30-48-29-31-50(51(73)39-48)72(74,75)76)65(95)88-37-23-28-53(88)64(94)79-71(33-19-20-34-71)70(100)86(11)62(49-26-15-13-16-27-49)69(99)85(10)56(67(97)87-35-21-14-22-36-87)41-58(90)83(8)54(38-45(2)3)63(93)78-61/h45-56,61-62H,12-44H2,1-11H3,(H,77,89)(H,78,93)(H,79,94)/t46-,48?,50?,51?,52-,53-,54-,55-,56-,61-,62-/m0/s1. The van der Waals surface area contributed by atoms with E-state index in [1.165, 1.54) is 73.8 Å². The molecule has 3 N–H and O–H groups in total. The Morgan fingerprint density at radius 2 is 1.18 bits per heavy atom. The highest BCUT2D eigenvalue weighted by Gasteiger charge is 2.52. The summed E-state index contributed by atoms with van der Waals surface area (Å²) in [5.74, 6) is -10.5. The molecule has 7 aliphatic rings. The molecule has 3 saturated heterocycles. The Hall–Kier alpha value is -6.28. The molecule has 1 spiro atoms. The molecule has 24 nitrogen and oxygen atoms in total. The molecule has 100 heavy (non-hydrogen) atoms. The molecule has 7 fully saturated rings. The molecule has 3 heterocycles. The molecule has 11 atom stereocenters. The van der Waals surface area contributed by atoms with Crippen molar-refractivity contribution in [1.82, 2.24) is 60.0 Å². The average molecular weight is 1430 g/mol. The molecular weight excluding hydrogens is 1320 g/mol. The van der Waals surface area contributed by atoms with Crippen LogP contribution in [0.3, 0.4) is 0 Å². The molecule has 7 rings (SSSR count). The van der Waals surface area contributed by atoms with Crippen LogP contribution in [0.4, 0.5) is 13.2 Å². The number of hydrogen-bond donors (Lipinski definition) is 3. The predicted octanol–water partition coefficient (Wildman–Crippen LogP) is 6.09. The van der Waals surface area contributed by atoms with E-state index in [1.54, 1.807) is 11.8 Å². The third-order valence-electron chi connectivity index (χ3n) is 23.2. The number of nitrogens with zero attached hydrogens (tertiary/aromatic N) is 9. The zero-order valence-corrected chi connectivity index (χ0v) is 62.1. The highest BCUT2D eigenvalue weighted by atomic mass is 35.5. The Balaban J connectivity index is 1.27. The summed E-state index contributed by atoms with van der Waals surface area (Å²) in [6.07, 6.45) is 6.98. The second-order valence-electron chi connectivity index (χ2n) is 30.9. The zero-order valence-electron chi connectivity index (χ0n) is 61.4. The van der Waals surface area contributed by atoms with Crippen molar-refractivity contribution >= 4 is 82.5 Å². The van der Waals surface area contributed by atoms with Crippen molar-refractivity contribution in [3.63, 3.8) is 0 Å². The predicted molar refractivity (Wildman–Crippen MR) is 370 cm³/mol. The number of alkyl halides is 4. The Bertz CT molecular complexity index is 2900. The lowest BCUT2D eigenvalue weighted by Gasteiger charge is -2.43. The molecule has 0 radical (unpaired) electrons. The molecule has 3 unspecified atom stereocenters. The van der Waals surface area contributed by atoms with Crippen molar-refractivity contribution < 1.29 is 70.7 Å². The van der Waals surface area contributed by atoms with Crippen molar-refractivity contribution in [2.24, 2.45) is 35.5 Å². The van der Waals surface area contributed by atoms with Crippen molar-refractivity contribution in [3.05, 3.63) is 0 Å². The number of rotatable bonds is 11.